The third-order valence-electron chi connectivity index (χ3n) is 5.41. The number of nitrogens with zero attached hydrogens (tertiary/aromatic N) is 1. The minimum absolute atomic E-state index is 0.0150. The van der Waals surface area contributed by atoms with Gasteiger partial charge in [0.1, 0.15) is 11.5 Å². The molecule has 0 aromatic heterocycles. The maximum absolute atomic E-state index is 13.2. The largest absolute Gasteiger partial charge is 0.497 e. The van der Waals surface area contributed by atoms with Crippen LogP contribution in [0.25, 0.3) is 0 Å². The summed E-state index contributed by atoms with van der Waals surface area (Å²) in [4.78, 5) is 15.2. The van der Waals surface area contributed by atoms with Crippen LogP contribution in [0.2, 0.25) is 0 Å². The molecule has 2 aromatic rings. The summed E-state index contributed by atoms with van der Waals surface area (Å²) in [7, 11) is 3.27. The minimum atomic E-state index is -0.206. The molecular formula is C23H30N2O3. The molecule has 1 N–H and O–H groups in total. The second-order valence-electron chi connectivity index (χ2n) is 7.46. The number of ether oxygens (including phenoxy) is 2. The van der Waals surface area contributed by atoms with Crippen molar-refractivity contribution < 1.29 is 14.3 Å². The quantitative estimate of drug-likeness (QED) is 0.703. The molecule has 0 saturated heterocycles. The van der Waals surface area contributed by atoms with Crippen molar-refractivity contribution in [3.63, 3.8) is 0 Å². The lowest BCUT2D eigenvalue weighted by Crippen LogP contribution is -2.43. The van der Waals surface area contributed by atoms with Crippen molar-refractivity contribution >= 4 is 6.03 Å². The maximum Gasteiger partial charge on any atom is 0.318 e. The molecule has 2 unspecified atom stereocenters. The fourth-order valence-corrected chi connectivity index (χ4v) is 3.43. The zero-order valence-electron chi connectivity index (χ0n) is 17.1. The SMILES string of the molecule is COc1ccc(OC)c(C(C)NC(=O)N(CC2CC2)C(C)c2ccccc2)c1. The Kier molecular flexibility index (Phi) is 6.45. The third-order valence-corrected chi connectivity index (χ3v) is 5.41. The fraction of sp³-hybridized carbons (Fsp3) is 0.435. The van der Waals surface area contributed by atoms with Gasteiger partial charge in [-0.15, -0.1) is 0 Å². The molecule has 0 aliphatic heterocycles. The number of benzene rings is 2. The van der Waals surface area contributed by atoms with E-state index in [4.69, 9.17) is 9.47 Å². The van der Waals surface area contributed by atoms with E-state index in [9.17, 15) is 4.79 Å². The number of methoxy groups -OCH3 is 2. The molecular weight excluding hydrogens is 352 g/mol. The van der Waals surface area contributed by atoms with Crippen LogP contribution < -0.4 is 14.8 Å². The van der Waals surface area contributed by atoms with E-state index in [1.807, 2.05) is 48.2 Å². The van der Waals surface area contributed by atoms with Crippen molar-refractivity contribution in [2.24, 2.45) is 5.92 Å². The monoisotopic (exact) mass is 382 g/mol. The van der Waals surface area contributed by atoms with Gasteiger partial charge in [0.15, 0.2) is 0 Å². The molecule has 0 spiro atoms. The molecule has 2 atom stereocenters. The highest BCUT2D eigenvalue weighted by Gasteiger charge is 2.31. The molecule has 5 nitrogen and oxygen atoms in total. The lowest BCUT2D eigenvalue weighted by atomic mass is 10.1. The standard InChI is InChI=1S/C23H30N2O3/c1-16(21-14-20(27-3)12-13-22(21)28-4)24-23(26)25(15-18-10-11-18)17(2)19-8-6-5-7-9-19/h5-9,12-14,16-18H,10-11,15H2,1-4H3,(H,24,26). The molecule has 28 heavy (non-hydrogen) atoms. The summed E-state index contributed by atoms with van der Waals surface area (Å²) >= 11 is 0. The van der Waals surface area contributed by atoms with Crippen LogP contribution in [0, 0.1) is 5.92 Å². The van der Waals surface area contributed by atoms with Crippen molar-refractivity contribution in [2.45, 2.75) is 38.8 Å². The summed E-state index contributed by atoms with van der Waals surface area (Å²) in [5.74, 6) is 2.08. The Hall–Kier alpha value is -2.69. The van der Waals surface area contributed by atoms with Gasteiger partial charge in [0.05, 0.1) is 26.3 Å². The van der Waals surface area contributed by atoms with E-state index in [-0.39, 0.29) is 18.1 Å². The van der Waals surface area contributed by atoms with Crippen LogP contribution in [0.15, 0.2) is 48.5 Å². The van der Waals surface area contributed by atoms with Crippen LogP contribution in [-0.4, -0.2) is 31.7 Å². The van der Waals surface area contributed by atoms with Gasteiger partial charge in [-0.1, -0.05) is 30.3 Å². The number of carbonyl (C=O) groups excluding carboxylic acids is 1. The van der Waals surface area contributed by atoms with E-state index < -0.39 is 0 Å². The van der Waals surface area contributed by atoms with Gasteiger partial charge < -0.3 is 19.7 Å². The van der Waals surface area contributed by atoms with E-state index in [0.717, 1.165) is 29.2 Å². The molecule has 2 amide bonds. The van der Waals surface area contributed by atoms with Gasteiger partial charge in [-0.2, -0.15) is 0 Å². The van der Waals surface area contributed by atoms with Crippen LogP contribution in [0.5, 0.6) is 11.5 Å². The number of amides is 2. The number of hydrogen-bond acceptors (Lipinski definition) is 3. The molecule has 1 saturated carbocycles. The average Bonchev–Trinajstić information content (AvgIpc) is 3.55. The first-order valence-electron chi connectivity index (χ1n) is 9.87. The highest BCUT2D eigenvalue weighted by Crippen LogP contribution is 2.34. The Morgan fingerprint density at radius 1 is 1.11 bits per heavy atom. The van der Waals surface area contributed by atoms with Gasteiger partial charge in [-0.3, -0.25) is 0 Å². The van der Waals surface area contributed by atoms with Crippen molar-refractivity contribution in [3.05, 3.63) is 59.7 Å². The van der Waals surface area contributed by atoms with Gasteiger partial charge in [-0.05, 0) is 56.4 Å². The Bertz CT molecular complexity index is 790. The lowest BCUT2D eigenvalue weighted by Gasteiger charge is -2.31. The van der Waals surface area contributed by atoms with Crippen LogP contribution in [-0.2, 0) is 0 Å². The summed E-state index contributed by atoms with van der Waals surface area (Å²) in [6.45, 7) is 4.84. The van der Waals surface area contributed by atoms with Crippen molar-refractivity contribution in [1.82, 2.24) is 10.2 Å². The average molecular weight is 383 g/mol. The lowest BCUT2D eigenvalue weighted by molar-refractivity contribution is 0.172. The van der Waals surface area contributed by atoms with E-state index >= 15 is 0 Å². The summed E-state index contributed by atoms with van der Waals surface area (Å²) in [6.07, 6.45) is 2.40. The Morgan fingerprint density at radius 3 is 2.43 bits per heavy atom. The molecule has 1 aliphatic carbocycles. The minimum Gasteiger partial charge on any atom is -0.497 e. The zero-order chi connectivity index (χ0) is 20.1. The highest BCUT2D eigenvalue weighted by molar-refractivity contribution is 5.75. The smallest absolute Gasteiger partial charge is 0.318 e. The second kappa shape index (κ2) is 9.00. The van der Waals surface area contributed by atoms with Crippen molar-refractivity contribution in [3.8, 4) is 11.5 Å². The van der Waals surface area contributed by atoms with Crippen LogP contribution in [0.4, 0.5) is 4.79 Å². The summed E-state index contributed by atoms with van der Waals surface area (Å²) in [5.41, 5.74) is 2.04. The number of hydrogen-bond donors (Lipinski definition) is 1. The van der Waals surface area contributed by atoms with Crippen LogP contribution >= 0.6 is 0 Å². The molecule has 2 aromatic carbocycles. The maximum atomic E-state index is 13.2. The van der Waals surface area contributed by atoms with E-state index in [1.165, 1.54) is 12.8 Å². The van der Waals surface area contributed by atoms with E-state index in [1.54, 1.807) is 14.2 Å². The first kappa shape index (κ1) is 20.1. The molecule has 0 bridgehead atoms. The highest BCUT2D eigenvalue weighted by atomic mass is 16.5. The molecule has 0 heterocycles. The topological polar surface area (TPSA) is 50.8 Å². The normalized spacial score (nSPS) is 15.4. The first-order chi connectivity index (χ1) is 13.5. The Labute approximate surface area is 167 Å². The van der Waals surface area contributed by atoms with Crippen LogP contribution in [0.3, 0.4) is 0 Å². The molecule has 3 rings (SSSR count). The van der Waals surface area contributed by atoms with Crippen molar-refractivity contribution in [1.29, 1.82) is 0 Å². The Morgan fingerprint density at radius 2 is 1.82 bits per heavy atom. The number of carbonyl (C=O) groups is 1. The second-order valence-corrected chi connectivity index (χ2v) is 7.46. The number of nitrogens with one attached hydrogen (secondary N) is 1. The van der Waals surface area contributed by atoms with Gasteiger partial charge in [0, 0.05) is 12.1 Å². The summed E-state index contributed by atoms with van der Waals surface area (Å²) in [5, 5.41) is 3.16. The fourth-order valence-electron chi connectivity index (χ4n) is 3.43. The first-order valence-corrected chi connectivity index (χ1v) is 9.87. The van der Waals surface area contributed by atoms with Crippen molar-refractivity contribution in [2.75, 3.05) is 20.8 Å². The van der Waals surface area contributed by atoms with E-state index in [2.05, 4.69) is 24.4 Å². The zero-order valence-corrected chi connectivity index (χ0v) is 17.1. The van der Waals surface area contributed by atoms with E-state index in [0.29, 0.717) is 5.92 Å². The summed E-state index contributed by atoms with van der Waals surface area (Å²) in [6, 6.07) is 15.6. The molecule has 0 radical (unpaired) electrons. The van der Waals surface area contributed by atoms with Crippen LogP contribution in [0.1, 0.15) is 49.9 Å². The molecule has 1 aliphatic rings. The third kappa shape index (κ3) is 4.77. The predicted octanol–water partition coefficient (Wildman–Crippen LogP) is 4.95. The number of urea groups is 1. The van der Waals surface area contributed by atoms with Gasteiger partial charge in [-0.25, -0.2) is 4.79 Å². The van der Waals surface area contributed by atoms with Gasteiger partial charge >= 0.3 is 6.03 Å². The molecule has 150 valence electrons. The summed E-state index contributed by atoms with van der Waals surface area (Å²) < 4.78 is 10.8. The predicted molar refractivity (Wildman–Crippen MR) is 111 cm³/mol. The van der Waals surface area contributed by atoms with Gasteiger partial charge in [0.2, 0.25) is 0 Å². The van der Waals surface area contributed by atoms with Gasteiger partial charge in [0.25, 0.3) is 0 Å². The molecule has 1 fully saturated rings. The Balaban J connectivity index is 1.78. The number of rotatable bonds is 8. The molecule has 5 heteroatoms.